The Morgan fingerprint density at radius 3 is 2.76 bits per heavy atom. The molecular formula is C19H19FN4O. The third-order valence-corrected chi connectivity index (χ3v) is 4.07. The van der Waals surface area contributed by atoms with Crippen LogP contribution in [0.25, 0.3) is 10.9 Å². The van der Waals surface area contributed by atoms with Gasteiger partial charge in [-0.1, -0.05) is 31.5 Å². The summed E-state index contributed by atoms with van der Waals surface area (Å²) in [5.41, 5.74) is 7.12. The molecule has 3 rings (SSSR count). The molecule has 0 saturated heterocycles. The van der Waals surface area contributed by atoms with Gasteiger partial charge in [0.2, 0.25) is 0 Å². The zero-order valence-corrected chi connectivity index (χ0v) is 13.9. The van der Waals surface area contributed by atoms with Gasteiger partial charge in [0.1, 0.15) is 18.0 Å². The van der Waals surface area contributed by atoms with Gasteiger partial charge in [0.05, 0.1) is 17.1 Å². The minimum atomic E-state index is -0.537. The van der Waals surface area contributed by atoms with E-state index in [2.05, 4.69) is 22.2 Å². The topological polar surface area (TPSA) is 80.9 Å². The highest BCUT2D eigenvalue weighted by molar-refractivity contribution is 6.06. The molecule has 3 aromatic rings. The fourth-order valence-electron chi connectivity index (χ4n) is 2.90. The number of nitrogens with one attached hydrogen (secondary N) is 1. The van der Waals surface area contributed by atoms with Gasteiger partial charge in [-0.05, 0) is 36.2 Å². The molecule has 5 nitrogen and oxygen atoms in total. The molecule has 1 aromatic heterocycles. The van der Waals surface area contributed by atoms with Crippen molar-refractivity contribution < 1.29 is 9.18 Å². The lowest BCUT2D eigenvalue weighted by Crippen LogP contribution is -2.14. The van der Waals surface area contributed by atoms with Crippen molar-refractivity contribution in [1.29, 1.82) is 0 Å². The highest BCUT2D eigenvalue weighted by Crippen LogP contribution is 2.28. The number of carbonyl (C=O) groups excluding carboxylic acids is 1. The molecule has 0 aliphatic heterocycles. The van der Waals surface area contributed by atoms with Crippen LogP contribution in [0.5, 0.6) is 0 Å². The number of fused-ring (bicyclic) bond motifs is 1. The number of amides is 1. The normalized spacial score (nSPS) is 12.1. The molecule has 0 unspecified atom stereocenters. The van der Waals surface area contributed by atoms with Crippen LogP contribution in [0.4, 0.5) is 10.2 Å². The van der Waals surface area contributed by atoms with Crippen LogP contribution in [0.3, 0.4) is 0 Å². The molecule has 0 spiro atoms. The first-order valence-electron chi connectivity index (χ1n) is 8.15. The molecule has 6 heteroatoms. The van der Waals surface area contributed by atoms with E-state index in [0.717, 1.165) is 18.4 Å². The van der Waals surface area contributed by atoms with E-state index < -0.39 is 5.91 Å². The Morgan fingerprint density at radius 2 is 2.04 bits per heavy atom. The SMILES string of the molecule is CCC[C@@H](Nc1ncnc2c(C(N)=O)cccc12)c1cccc(F)c1. The number of carbonyl (C=O) groups is 1. The Labute approximate surface area is 145 Å². The summed E-state index contributed by atoms with van der Waals surface area (Å²) in [5, 5.41) is 4.07. The Balaban J connectivity index is 2.03. The van der Waals surface area contributed by atoms with Crippen molar-refractivity contribution in [2.75, 3.05) is 5.32 Å². The van der Waals surface area contributed by atoms with Crippen molar-refractivity contribution in [3.63, 3.8) is 0 Å². The quantitative estimate of drug-likeness (QED) is 0.716. The highest BCUT2D eigenvalue weighted by atomic mass is 19.1. The third kappa shape index (κ3) is 3.57. The first kappa shape index (κ1) is 16.8. The van der Waals surface area contributed by atoms with E-state index in [9.17, 15) is 9.18 Å². The van der Waals surface area contributed by atoms with Gasteiger partial charge in [-0.3, -0.25) is 4.79 Å². The molecule has 0 aliphatic carbocycles. The number of benzene rings is 2. The van der Waals surface area contributed by atoms with Crippen LogP contribution >= 0.6 is 0 Å². The van der Waals surface area contributed by atoms with E-state index in [1.807, 2.05) is 12.1 Å². The standard InChI is InChI=1S/C19H19FN4O/c1-2-5-16(12-6-3-7-13(20)10-12)24-19-15-9-4-8-14(18(21)25)17(15)22-11-23-19/h3-4,6-11,16H,2,5H2,1H3,(H2,21,25)(H,22,23,24)/t16-/m1/s1. The van der Waals surface area contributed by atoms with Gasteiger partial charge >= 0.3 is 0 Å². The van der Waals surface area contributed by atoms with E-state index in [1.54, 1.807) is 18.2 Å². The van der Waals surface area contributed by atoms with Crippen molar-refractivity contribution >= 4 is 22.6 Å². The van der Waals surface area contributed by atoms with Crippen LogP contribution in [0.15, 0.2) is 48.8 Å². The second-order valence-electron chi connectivity index (χ2n) is 5.83. The maximum Gasteiger partial charge on any atom is 0.250 e. The number of hydrogen-bond acceptors (Lipinski definition) is 4. The molecule has 2 aromatic carbocycles. The lowest BCUT2D eigenvalue weighted by molar-refractivity contribution is 0.100. The lowest BCUT2D eigenvalue weighted by atomic mass is 10.0. The van der Waals surface area contributed by atoms with Gasteiger partial charge in [-0.25, -0.2) is 14.4 Å². The summed E-state index contributed by atoms with van der Waals surface area (Å²) in [5.74, 6) is -0.217. The summed E-state index contributed by atoms with van der Waals surface area (Å²) >= 11 is 0. The molecule has 0 saturated carbocycles. The predicted octanol–water partition coefficient (Wildman–Crippen LogP) is 3.82. The average molecular weight is 338 g/mol. The molecule has 25 heavy (non-hydrogen) atoms. The average Bonchev–Trinajstić information content (AvgIpc) is 2.61. The van der Waals surface area contributed by atoms with E-state index in [4.69, 9.17) is 5.73 Å². The number of nitrogens with two attached hydrogens (primary N) is 1. The Morgan fingerprint density at radius 1 is 1.24 bits per heavy atom. The fraction of sp³-hybridized carbons (Fsp3) is 0.211. The number of para-hydroxylation sites is 1. The molecule has 1 amide bonds. The maximum absolute atomic E-state index is 13.6. The smallest absolute Gasteiger partial charge is 0.250 e. The molecule has 3 N–H and O–H groups in total. The predicted molar refractivity (Wildman–Crippen MR) is 95.7 cm³/mol. The molecule has 128 valence electrons. The molecule has 1 atom stereocenters. The summed E-state index contributed by atoms with van der Waals surface area (Å²) in [6.45, 7) is 2.07. The number of hydrogen-bond donors (Lipinski definition) is 2. The fourth-order valence-corrected chi connectivity index (χ4v) is 2.90. The van der Waals surface area contributed by atoms with E-state index in [1.165, 1.54) is 18.5 Å². The van der Waals surface area contributed by atoms with Crippen molar-refractivity contribution in [3.8, 4) is 0 Å². The summed E-state index contributed by atoms with van der Waals surface area (Å²) in [4.78, 5) is 20.1. The van der Waals surface area contributed by atoms with Gasteiger partial charge in [-0.15, -0.1) is 0 Å². The summed E-state index contributed by atoms with van der Waals surface area (Å²) < 4.78 is 13.6. The Hall–Kier alpha value is -3.02. The first-order valence-corrected chi connectivity index (χ1v) is 8.15. The van der Waals surface area contributed by atoms with Crippen LogP contribution < -0.4 is 11.1 Å². The van der Waals surface area contributed by atoms with Crippen LogP contribution in [0.1, 0.15) is 41.7 Å². The van der Waals surface area contributed by atoms with E-state index in [0.29, 0.717) is 22.3 Å². The van der Waals surface area contributed by atoms with Crippen molar-refractivity contribution in [1.82, 2.24) is 9.97 Å². The third-order valence-electron chi connectivity index (χ3n) is 4.07. The molecule has 0 fully saturated rings. The molecular weight excluding hydrogens is 319 g/mol. The van der Waals surface area contributed by atoms with E-state index >= 15 is 0 Å². The Kier molecular flexibility index (Phi) is 4.88. The molecule has 1 heterocycles. The van der Waals surface area contributed by atoms with Crippen molar-refractivity contribution in [2.24, 2.45) is 5.73 Å². The highest BCUT2D eigenvalue weighted by Gasteiger charge is 2.16. The number of aromatic nitrogens is 2. The monoisotopic (exact) mass is 338 g/mol. The number of anilines is 1. The second-order valence-corrected chi connectivity index (χ2v) is 5.83. The number of nitrogens with zero attached hydrogens (tertiary/aromatic N) is 2. The molecule has 0 radical (unpaired) electrons. The van der Waals surface area contributed by atoms with Crippen molar-refractivity contribution in [2.45, 2.75) is 25.8 Å². The van der Waals surface area contributed by atoms with E-state index in [-0.39, 0.29) is 11.9 Å². The zero-order chi connectivity index (χ0) is 17.8. The molecule has 0 bridgehead atoms. The largest absolute Gasteiger partial charge is 0.366 e. The van der Waals surface area contributed by atoms with Gasteiger partial charge < -0.3 is 11.1 Å². The minimum absolute atomic E-state index is 0.101. The number of halogens is 1. The summed E-state index contributed by atoms with van der Waals surface area (Å²) in [7, 11) is 0. The van der Waals surface area contributed by atoms with Gasteiger partial charge in [-0.2, -0.15) is 0 Å². The Bertz CT molecular complexity index is 913. The van der Waals surface area contributed by atoms with Crippen LogP contribution in [-0.2, 0) is 0 Å². The van der Waals surface area contributed by atoms with Gasteiger partial charge in [0, 0.05) is 5.39 Å². The van der Waals surface area contributed by atoms with Gasteiger partial charge in [0.15, 0.2) is 0 Å². The number of primary amides is 1. The summed E-state index contributed by atoms with van der Waals surface area (Å²) in [6, 6.07) is 11.6. The summed E-state index contributed by atoms with van der Waals surface area (Å²) in [6.07, 6.45) is 3.12. The lowest BCUT2D eigenvalue weighted by Gasteiger charge is -2.20. The maximum atomic E-state index is 13.6. The molecule has 0 aliphatic rings. The van der Waals surface area contributed by atoms with Crippen LogP contribution in [-0.4, -0.2) is 15.9 Å². The zero-order valence-electron chi connectivity index (χ0n) is 13.9. The van der Waals surface area contributed by atoms with Crippen molar-refractivity contribution in [3.05, 3.63) is 65.7 Å². The minimum Gasteiger partial charge on any atom is -0.366 e. The van der Waals surface area contributed by atoms with Gasteiger partial charge in [0.25, 0.3) is 5.91 Å². The second kappa shape index (κ2) is 7.25. The van der Waals surface area contributed by atoms with Crippen LogP contribution in [0.2, 0.25) is 0 Å². The number of rotatable bonds is 6. The first-order chi connectivity index (χ1) is 12.1. The van der Waals surface area contributed by atoms with Crippen LogP contribution in [0, 0.1) is 5.82 Å².